The number of nitrogens with zero attached hydrogens (tertiary/aromatic N) is 1. The van der Waals surface area contributed by atoms with E-state index in [-0.39, 0.29) is 24.0 Å². The van der Waals surface area contributed by atoms with Crippen molar-refractivity contribution in [3.05, 3.63) is 41.4 Å². The van der Waals surface area contributed by atoms with Crippen molar-refractivity contribution in [2.45, 2.75) is 44.9 Å². The molecule has 0 spiro atoms. The second kappa shape index (κ2) is 7.16. The number of carbonyl (C=O) groups excluding carboxylic acids is 1. The van der Waals surface area contributed by atoms with Crippen LogP contribution < -0.4 is 5.46 Å². The molecule has 0 aliphatic carbocycles. The van der Waals surface area contributed by atoms with Gasteiger partial charge in [0.25, 0.3) is 0 Å². The summed E-state index contributed by atoms with van der Waals surface area (Å²) in [6, 6.07) is 4.60. The van der Waals surface area contributed by atoms with Crippen LogP contribution in [0.15, 0.2) is 30.9 Å². The zero-order chi connectivity index (χ0) is 20.9. The van der Waals surface area contributed by atoms with Crippen LogP contribution >= 0.6 is 11.6 Å². The summed E-state index contributed by atoms with van der Waals surface area (Å²) in [7, 11) is -3.90. The summed E-state index contributed by atoms with van der Waals surface area (Å²) in [5.74, 6) is -0.527. The Balaban J connectivity index is 2.00. The molecule has 1 amide bonds. The number of hydrogen-bond acceptors (Lipinski definition) is 5. The van der Waals surface area contributed by atoms with Gasteiger partial charge in [0.1, 0.15) is 0 Å². The molecule has 6 nitrogen and oxygen atoms in total. The molecule has 2 saturated heterocycles. The number of rotatable bonds is 3. The molecule has 28 heavy (non-hydrogen) atoms. The lowest BCUT2D eigenvalue weighted by Gasteiger charge is -2.35. The van der Waals surface area contributed by atoms with E-state index in [1.54, 1.807) is 12.1 Å². The average molecular weight is 426 g/mol. The van der Waals surface area contributed by atoms with Gasteiger partial charge in [0.05, 0.1) is 28.7 Å². The van der Waals surface area contributed by atoms with Gasteiger partial charge in [-0.15, -0.1) is 0 Å². The molecule has 0 aromatic heterocycles. The summed E-state index contributed by atoms with van der Waals surface area (Å²) >= 11 is 6.34. The Morgan fingerprint density at radius 3 is 2.43 bits per heavy atom. The summed E-state index contributed by atoms with van der Waals surface area (Å²) < 4.78 is 36.7. The molecule has 152 valence electrons. The lowest BCUT2D eigenvalue weighted by atomic mass is 9.78. The van der Waals surface area contributed by atoms with Crippen LogP contribution in [0.1, 0.15) is 39.3 Å². The summed E-state index contributed by atoms with van der Waals surface area (Å²) in [6.45, 7) is 11.5. The molecule has 2 aliphatic heterocycles. The quantitative estimate of drug-likeness (QED) is 0.548. The highest BCUT2D eigenvalue weighted by molar-refractivity contribution is 7.91. The lowest BCUT2D eigenvalue weighted by molar-refractivity contribution is -0.127. The smallest absolute Gasteiger partial charge is 0.399 e. The van der Waals surface area contributed by atoms with Gasteiger partial charge >= 0.3 is 7.12 Å². The minimum Gasteiger partial charge on any atom is -0.399 e. The van der Waals surface area contributed by atoms with Crippen molar-refractivity contribution in [2.75, 3.05) is 18.1 Å². The van der Waals surface area contributed by atoms with E-state index in [9.17, 15) is 13.2 Å². The molecule has 1 atom stereocenters. The molecule has 1 unspecified atom stereocenters. The lowest BCUT2D eigenvalue weighted by Crippen LogP contribution is -2.46. The predicted molar refractivity (Wildman–Crippen MR) is 110 cm³/mol. The highest BCUT2D eigenvalue weighted by Gasteiger charge is 2.52. The normalized spacial score (nSPS) is 25.5. The Morgan fingerprint density at radius 1 is 1.25 bits per heavy atom. The van der Waals surface area contributed by atoms with Gasteiger partial charge in [-0.2, -0.15) is 0 Å². The van der Waals surface area contributed by atoms with Gasteiger partial charge in [0.2, 0.25) is 5.91 Å². The van der Waals surface area contributed by atoms with Crippen LogP contribution in [0, 0.1) is 0 Å². The first-order valence-electron chi connectivity index (χ1n) is 9.15. The Morgan fingerprint density at radius 2 is 1.86 bits per heavy atom. The van der Waals surface area contributed by atoms with Crippen LogP contribution in [0.25, 0.3) is 0 Å². The maximum Gasteiger partial charge on any atom is 0.494 e. The van der Waals surface area contributed by atoms with Crippen molar-refractivity contribution in [2.24, 2.45) is 0 Å². The first-order valence-corrected chi connectivity index (χ1v) is 11.3. The monoisotopic (exact) mass is 425 g/mol. The zero-order valence-electron chi connectivity index (χ0n) is 16.6. The first-order chi connectivity index (χ1) is 12.9. The van der Waals surface area contributed by atoms with Gasteiger partial charge in [-0.1, -0.05) is 24.2 Å². The first kappa shape index (κ1) is 21.4. The van der Waals surface area contributed by atoms with E-state index < -0.39 is 34.2 Å². The fourth-order valence-corrected chi connectivity index (χ4v) is 5.15. The Hall–Kier alpha value is -1.35. The molecule has 0 radical (unpaired) electrons. The maximum absolute atomic E-state index is 12.3. The average Bonchev–Trinajstić information content (AvgIpc) is 2.80. The number of halogens is 1. The second-order valence-electron chi connectivity index (χ2n) is 8.27. The van der Waals surface area contributed by atoms with Crippen LogP contribution in [0.4, 0.5) is 0 Å². The number of sulfone groups is 1. The number of benzene rings is 1. The van der Waals surface area contributed by atoms with E-state index in [1.165, 1.54) is 11.0 Å². The molecular weight excluding hydrogens is 401 g/mol. The number of hydrogen-bond donors (Lipinski definition) is 0. The van der Waals surface area contributed by atoms with Crippen LogP contribution in [-0.4, -0.2) is 55.6 Å². The topological polar surface area (TPSA) is 72.9 Å². The highest BCUT2D eigenvalue weighted by Crippen LogP contribution is 2.37. The fourth-order valence-electron chi connectivity index (χ4n) is 3.41. The van der Waals surface area contributed by atoms with Crippen molar-refractivity contribution < 1.29 is 22.5 Å². The van der Waals surface area contributed by atoms with Crippen LogP contribution in [0.2, 0.25) is 5.02 Å². The third-order valence-corrected chi connectivity index (χ3v) is 7.59. The van der Waals surface area contributed by atoms with Crippen molar-refractivity contribution in [1.29, 1.82) is 0 Å². The van der Waals surface area contributed by atoms with Gasteiger partial charge in [0.15, 0.2) is 9.84 Å². The van der Waals surface area contributed by atoms with E-state index in [1.807, 2.05) is 33.8 Å². The molecule has 2 aliphatic rings. The SMILES string of the molecule is C=CC(=O)N1CCS(=O)(=O)CC1c1cc(Cl)cc(B2OC(C)(C)C(C)(C)O2)c1. The molecule has 0 saturated carbocycles. The van der Waals surface area contributed by atoms with E-state index in [0.717, 1.165) is 0 Å². The molecule has 0 bridgehead atoms. The molecule has 2 heterocycles. The summed E-state index contributed by atoms with van der Waals surface area (Å²) in [5.41, 5.74) is 0.295. The number of carbonyl (C=O) groups is 1. The molecule has 9 heteroatoms. The minimum atomic E-state index is -3.27. The van der Waals surface area contributed by atoms with Crippen LogP contribution in [0.3, 0.4) is 0 Å². The Labute approximate surface area is 171 Å². The molecule has 0 N–H and O–H groups in total. The minimum absolute atomic E-state index is 0.0618. The van der Waals surface area contributed by atoms with E-state index >= 15 is 0 Å². The molecular formula is C19H25BClNO5S. The van der Waals surface area contributed by atoms with Crippen LogP contribution in [0.5, 0.6) is 0 Å². The Bertz CT molecular complexity index is 899. The molecule has 1 aromatic rings. The predicted octanol–water partition coefficient (Wildman–Crippen LogP) is 2.12. The largest absolute Gasteiger partial charge is 0.494 e. The van der Waals surface area contributed by atoms with Crippen LogP contribution in [-0.2, 0) is 23.9 Å². The summed E-state index contributed by atoms with van der Waals surface area (Å²) in [5, 5.41) is 0.427. The molecule has 2 fully saturated rings. The van der Waals surface area contributed by atoms with Gasteiger partial charge in [0, 0.05) is 11.6 Å². The van der Waals surface area contributed by atoms with Crippen molar-refractivity contribution >= 4 is 39.9 Å². The van der Waals surface area contributed by atoms with Crippen molar-refractivity contribution in [1.82, 2.24) is 4.90 Å². The standard InChI is InChI=1S/C19H25BClNO5S/c1-6-17(23)22-7-8-28(24,25)12-16(22)13-9-14(11-15(21)10-13)20-26-18(2,3)19(4,5)27-20/h6,9-11,16H,1,7-8,12H2,2-5H3. The van der Waals surface area contributed by atoms with E-state index in [2.05, 4.69) is 6.58 Å². The fraction of sp³-hybridized carbons (Fsp3) is 0.526. The molecule has 1 aromatic carbocycles. The third-order valence-electron chi connectivity index (χ3n) is 5.74. The van der Waals surface area contributed by atoms with Crippen molar-refractivity contribution in [3.63, 3.8) is 0 Å². The van der Waals surface area contributed by atoms with E-state index in [4.69, 9.17) is 20.9 Å². The van der Waals surface area contributed by atoms with Gasteiger partial charge in [-0.3, -0.25) is 4.79 Å². The van der Waals surface area contributed by atoms with E-state index in [0.29, 0.717) is 16.0 Å². The zero-order valence-corrected chi connectivity index (χ0v) is 18.1. The van der Waals surface area contributed by atoms with Crippen molar-refractivity contribution in [3.8, 4) is 0 Å². The second-order valence-corrected chi connectivity index (χ2v) is 10.9. The summed E-state index contributed by atoms with van der Waals surface area (Å²) in [6.07, 6.45) is 1.20. The highest BCUT2D eigenvalue weighted by atomic mass is 35.5. The van der Waals surface area contributed by atoms with Gasteiger partial charge in [-0.05, 0) is 56.9 Å². The Kier molecular flexibility index (Phi) is 5.47. The molecule has 3 rings (SSSR count). The summed E-state index contributed by atoms with van der Waals surface area (Å²) in [4.78, 5) is 13.8. The maximum atomic E-state index is 12.3. The third kappa shape index (κ3) is 4.01. The number of amides is 1. The van der Waals surface area contributed by atoms with Gasteiger partial charge in [-0.25, -0.2) is 8.42 Å². The van der Waals surface area contributed by atoms with Gasteiger partial charge < -0.3 is 14.2 Å².